The number of rotatable bonds is 3. The van der Waals surface area contributed by atoms with Gasteiger partial charge in [0.05, 0.1) is 23.5 Å². The lowest BCUT2D eigenvalue weighted by molar-refractivity contribution is -0.147. The van der Waals surface area contributed by atoms with Gasteiger partial charge in [-0.15, -0.1) is 0 Å². The number of hydrogen-bond donors (Lipinski definition) is 1. The first-order valence-corrected chi connectivity index (χ1v) is 9.01. The zero-order valence-electron chi connectivity index (χ0n) is 12.1. The summed E-state index contributed by atoms with van der Waals surface area (Å²) in [5, 5.41) is 3.26. The molecule has 0 saturated carbocycles. The highest BCUT2D eigenvalue weighted by molar-refractivity contribution is 7.91. The van der Waals surface area contributed by atoms with Gasteiger partial charge in [0, 0.05) is 20.2 Å². The van der Waals surface area contributed by atoms with Crippen LogP contribution in [0.1, 0.15) is 19.3 Å². The summed E-state index contributed by atoms with van der Waals surface area (Å²) in [5.74, 6) is 0.341. The standard InChI is InChI=1S/C13H24N2O4S/c1-19-11-13(3-5-14-6-4-13)12(16)15-7-2-9-20(17,18)10-8-15/h14H,2-11H2,1H3. The van der Waals surface area contributed by atoms with Crippen LogP contribution in [0.2, 0.25) is 0 Å². The van der Waals surface area contributed by atoms with E-state index in [1.54, 1.807) is 12.0 Å². The summed E-state index contributed by atoms with van der Waals surface area (Å²) in [4.78, 5) is 14.6. The first kappa shape index (κ1) is 15.7. The summed E-state index contributed by atoms with van der Waals surface area (Å²) in [6.45, 7) is 2.89. The summed E-state index contributed by atoms with van der Waals surface area (Å²) in [6.07, 6.45) is 2.04. The molecule has 2 fully saturated rings. The molecule has 7 heteroatoms. The van der Waals surface area contributed by atoms with Crippen LogP contribution in [0.15, 0.2) is 0 Å². The number of hydrogen-bond acceptors (Lipinski definition) is 5. The van der Waals surface area contributed by atoms with Crippen LogP contribution in [0.3, 0.4) is 0 Å². The van der Waals surface area contributed by atoms with Gasteiger partial charge in [0.25, 0.3) is 0 Å². The minimum absolute atomic E-state index is 0.0675. The average Bonchev–Trinajstić information content (AvgIpc) is 2.60. The minimum atomic E-state index is -2.99. The molecular weight excluding hydrogens is 280 g/mol. The Balaban J connectivity index is 2.11. The molecule has 116 valence electrons. The molecule has 0 spiro atoms. The minimum Gasteiger partial charge on any atom is -0.384 e. The number of carbonyl (C=O) groups excluding carboxylic acids is 1. The molecule has 0 bridgehead atoms. The van der Waals surface area contributed by atoms with Crippen LogP contribution in [-0.2, 0) is 19.4 Å². The predicted octanol–water partition coefficient (Wildman–Crippen LogP) is -0.350. The van der Waals surface area contributed by atoms with Crippen LogP contribution in [0.25, 0.3) is 0 Å². The Hall–Kier alpha value is -0.660. The van der Waals surface area contributed by atoms with Crippen molar-refractivity contribution in [1.82, 2.24) is 10.2 Å². The van der Waals surface area contributed by atoms with Crippen molar-refractivity contribution in [2.24, 2.45) is 5.41 Å². The fourth-order valence-electron chi connectivity index (χ4n) is 3.08. The highest BCUT2D eigenvalue weighted by Gasteiger charge is 2.42. The molecule has 1 amide bonds. The normalized spacial score (nSPS) is 25.9. The van der Waals surface area contributed by atoms with Crippen molar-refractivity contribution in [3.8, 4) is 0 Å². The molecule has 2 aliphatic heterocycles. The molecule has 0 aromatic rings. The quantitative estimate of drug-likeness (QED) is 0.771. The molecule has 0 atom stereocenters. The maximum Gasteiger partial charge on any atom is 0.231 e. The Morgan fingerprint density at radius 3 is 2.60 bits per heavy atom. The van der Waals surface area contributed by atoms with Gasteiger partial charge in [-0.05, 0) is 32.4 Å². The number of nitrogens with zero attached hydrogens (tertiary/aromatic N) is 1. The second kappa shape index (κ2) is 6.41. The molecular formula is C13H24N2O4S. The number of ether oxygens (including phenoxy) is 1. The van der Waals surface area contributed by atoms with E-state index in [4.69, 9.17) is 4.74 Å². The van der Waals surface area contributed by atoms with Crippen molar-refractivity contribution >= 4 is 15.7 Å². The van der Waals surface area contributed by atoms with Gasteiger partial charge in [-0.3, -0.25) is 4.79 Å². The Morgan fingerprint density at radius 1 is 1.25 bits per heavy atom. The molecule has 0 unspecified atom stereocenters. The van der Waals surface area contributed by atoms with Crippen LogP contribution in [-0.4, -0.2) is 70.6 Å². The Morgan fingerprint density at radius 2 is 1.95 bits per heavy atom. The number of methoxy groups -OCH3 is 1. The van der Waals surface area contributed by atoms with Gasteiger partial charge in [0.15, 0.2) is 9.84 Å². The molecule has 0 aromatic carbocycles. The van der Waals surface area contributed by atoms with Crippen molar-refractivity contribution in [3.05, 3.63) is 0 Å². The zero-order valence-corrected chi connectivity index (χ0v) is 12.9. The highest BCUT2D eigenvalue weighted by Crippen LogP contribution is 2.32. The molecule has 0 aromatic heterocycles. The number of nitrogens with one attached hydrogen (secondary N) is 1. The third-order valence-electron chi connectivity index (χ3n) is 4.28. The molecule has 20 heavy (non-hydrogen) atoms. The monoisotopic (exact) mass is 304 g/mol. The van der Waals surface area contributed by atoms with E-state index in [1.807, 2.05) is 0 Å². The zero-order chi connectivity index (χ0) is 14.6. The van der Waals surface area contributed by atoms with Gasteiger partial charge >= 0.3 is 0 Å². The molecule has 1 N–H and O–H groups in total. The number of carbonyl (C=O) groups is 1. The van der Waals surface area contributed by atoms with Crippen molar-refractivity contribution in [3.63, 3.8) is 0 Å². The fourth-order valence-corrected chi connectivity index (χ4v) is 4.35. The van der Waals surface area contributed by atoms with Crippen LogP contribution in [0.5, 0.6) is 0 Å². The van der Waals surface area contributed by atoms with E-state index in [0.717, 1.165) is 25.9 Å². The lowest BCUT2D eigenvalue weighted by atomic mass is 9.78. The first-order valence-electron chi connectivity index (χ1n) is 7.19. The van der Waals surface area contributed by atoms with Crippen molar-refractivity contribution in [1.29, 1.82) is 0 Å². The third-order valence-corrected chi connectivity index (χ3v) is 5.99. The topological polar surface area (TPSA) is 75.7 Å². The molecule has 6 nitrogen and oxygen atoms in total. The van der Waals surface area contributed by atoms with Crippen LogP contribution >= 0.6 is 0 Å². The Kier molecular flexibility index (Phi) is 5.04. The van der Waals surface area contributed by atoms with Gasteiger partial charge in [0.2, 0.25) is 5.91 Å². The third kappa shape index (κ3) is 3.51. The number of amides is 1. The van der Waals surface area contributed by atoms with Crippen molar-refractivity contribution in [2.45, 2.75) is 19.3 Å². The molecule has 0 aliphatic carbocycles. The van der Waals surface area contributed by atoms with E-state index in [1.165, 1.54) is 0 Å². The fraction of sp³-hybridized carbons (Fsp3) is 0.923. The number of sulfone groups is 1. The van der Waals surface area contributed by atoms with Gasteiger partial charge in [-0.1, -0.05) is 0 Å². The Labute approximate surface area is 120 Å². The highest BCUT2D eigenvalue weighted by atomic mass is 32.2. The van der Waals surface area contributed by atoms with Crippen LogP contribution < -0.4 is 5.32 Å². The first-order chi connectivity index (χ1) is 9.49. The maximum atomic E-state index is 12.9. The molecule has 2 aliphatic rings. The predicted molar refractivity (Wildman–Crippen MR) is 76.3 cm³/mol. The van der Waals surface area contributed by atoms with Crippen LogP contribution in [0.4, 0.5) is 0 Å². The summed E-state index contributed by atoms with van der Waals surface area (Å²) >= 11 is 0. The van der Waals surface area contributed by atoms with Gasteiger partial charge in [-0.25, -0.2) is 8.42 Å². The van der Waals surface area contributed by atoms with Gasteiger partial charge in [-0.2, -0.15) is 0 Å². The Bertz CT molecular complexity index is 438. The molecule has 2 heterocycles. The lowest BCUT2D eigenvalue weighted by Crippen LogP contribution is -2.52. The average molecular weight is 304 g/mol. The largest absolute Gasteiger partial charge is 0.384 e. The lowest BCUT2D eigenvalue weighted by Gasteiger charge is -2.39. The SMILES string of the molecule is COCC1(C(=O)N2CCCS(=O)(=O)CC2)CCNCC1. The van der Waals surface area contributed by atoms with Gasteiger partial charge < -0.3 is 15.0 Å². The number of piperidine rings is 1. The summed E-state index contributed by atoms with van der Waals surface area (Å²) < 4.78 is 28.6. The second-order valence-corrected chi connectivity index (χ2v) is 8.06. The maximum absolute atomic E-state index is 12.9. The van der Waals surface area contributed by atoms with Crippen LogP contribution in [0, 0.1) is 5.41 Å². The van der Waals surface area contributed by atoms with Gasteiger partial charge in [0.1, 0.15) is 0 Å². The van der Waals surface area contributed by atoms with E-state index >= 15 is 0 Å². The van der Waals surface area contributed by atoms with Crippen molar-refractivity contribution in [2.75, 3.05) is 51.4 Å². The van der Waals surface area contributed by atoms with E-state index in [-0.39, 0.29) is 17.4 Å². The van der Waals surface area contributed by atoms with E-state index in [9.17, 15) is 13.2 Å². The summed E-state index contributed by atoms with van der Waals surface area (Å²) in [6, 6.07) is 0. The second-order valence-electron chi connectivity index (χ2n) is 5.76. The summed E-state index contributed by atoms with van der Waals surface area (Å²) in [5.41, 5.74) is -0.478. The smallest absolute Gasteiger partial charge is 0.231 e. The van der Waals surface area contributed by atoms with E-state index in [0.29, 0.717) is 26.1 Å². The van der Waals surface area contributed by atoms with Crippen molar-refractivity contribution < 1.29 is 17.9 Å². The summed E-state index contributed by atoms with van der Waals surface area (Å²) in [7, 11) is -1.37. The molecule has 2 saturated heterocycles. The van der Waals surface area contributed by atoms with E-state index < -0.39 is 15.3 Å². The van der Waals surface area contributed by atoms with E-state index in [2.05, 4.69) is 5.32 Å². The molecule has 0 radical (unpaired) electrons. The molecule has 2 rings (SSSR count).